The molecule has 0 unspecified atom stereocenters. The van der Waals surface area contributed by atoms with Gasteiger partial charge in [0.2, 0.25) is 0 Å². The number of nitro benzene ring substituents is 2. The Labute approximate surface area is 134 Å². The SMILES string of the molecule is O=[N+]([O-])c1ccc(-c2csc(-c3cccc([N+](=O)[O-])c3)n2)cc1. The second kappa shape index (κ2) is 5.93. The van der Waals surface area contributed by atoms with Crippen LogP contribution in [0.2, 0.25) is 0 Å². The van der Waals surface area contributed by atoms with Crippen molar-refractivity contribution in [2.24, 2.45) is 0 Å². The van der Waals surface area contributed by atoms with Crippen LogP contribution in [0.5, 0.6) is 0 Å². The van der Waals surface area contributed by atoms with E-state index in [1.54, 1.807) is 24.3 Å². The second-order valence-electron chi connectivity index (χ2n) is 4.65. The fourth-order valence-corrected chi connectivity index (χ4v) is 2.87. The molecule has 0 aliphatic carbocycles. The van der Waals surface area contributed by atoms with E-state index in [4.69, 9.17) is 0 Å². The minimum absolute atomic E-state index is 0.00888. The third kappa shape index (κ3) is 3.06. The van der Waals surface area contributed by atoms with Crippen molar-refractivity contribution in [3.8, 4) is 21.8 Å². The van der Waals surface area contributed by atoms with E-state index in [-0.39, 0.29) is 11.4 Å². The summed E-state index contributed by atoms with van der Waals surface area (Å²) in [6.45, 7) is 0. The Morgan fingerprint density at radius 2 is 1.57 bits per heavy atom. The van der Waals surface area contributed by atoms with Crippen LogP contribution >= 0.6 is 11.3 Å². The van der Waals surface area contributed by atoms with E-state index < -0.39 is 9.85 Å². The van der Waals surface area contributed by atoms with E-state index in [2.05, 4.69) is 4.98 Å². The number of benzene rings is 2. The van der Waals surface area contributed by atoms with Crippen molar-refractivity contribution in [2.45, 2.75) is 0 Å². The predicted molar refractivity (Wildman–Crippen MR) is 86.3 cm³/mol. The van der Waals surface area contributed by atoms with E-state index in [9.17, 15) is 20.2 Å². The van der Waals surface area contributed by atoms with E-state index >= 15 is 0 Å². The number of rotatable bonds is 4. The van der Waals surface area contributed by atoms with Gasteiger partial charge in [-0.25, -0.2) is 4.98 Å². The van der Waals surface area contributed by atoms with Gasteiger partial charge in [-0.1, -0.05) is 12.1 Å². The van der Waals surface area contributed by atoms with Gasteiger partial charge in [0, 0.05) is 40.8 Å². The zero-order valence-corrected chi connectivity index (χ0v) is 12.4. The van der Waals surface area contributed by atoms with Gasteiger partial charge in [0.1, 0.15) is 5.01 Å². The number of aromatic nitrogens is 1. The Morgan fingerprint density at radius 1 is 0.870 bits per heavy atom. The van der Waals surface area contributed by atoms with Gasteiger partial charge >= 0.3 is 0 Å². The number of hydrogen-bond acceptors (Lipinski definition) is 6. The van der Waals surface area contributed by atoms with Crippen LogP contribution in [0.1, 0.15) is 0 Å². The first kappa shape index (κ1) is 14.8. The van der Waals surface area contributed by atoms with Crippen molar-refractivity contribution in [1.82, 2.24) is 4.98 Å². The summed E-state index contributed by atoms with van der Waals surface area (Å²) in [5, 5.41) is 24.0. The highest BCUT2D eigenvalue weighted by atomic mass is 32.1. The maximum atomic E-state index is 10.8. The quantitative estimate of drug-likeness (QED) is 0.525. The maximum absolute atomic E-state index is 10.8. The van der Waals surface area contributed by atoms with Crippen LogP contribution in [-0.2, 0) is 0 Å². The monoisotopic (exact) mass is 327 g/mol. The Hall–Kier alpha value is -3.13. The molecule has 7 nitrogen and oxygen atoms in total. The normalized spacial score (nSPS) is 10.4. The van der Waals surface area contributed by atoms with Gasteiger partial charge in [0.15, 0.2) is 0 Å². The van der Waals surface area contributed by atoms with Gasteiger partial charge in [0.25, 0.3) is 11.4 Å². The van der Waals surface area contributed by atoms with Crippen LogP contribution < -0.4 is 0 Å². The van der Waals surface area contributed by atoms with E-state index in [1.807, 2.05) is 5.38 Å². The minimum atomic E-state index is -0.459. The van der Waals surface area contributed by atoms with Crippen molar-refractivity contribution in [3.05, 3.63) is 74.1 Å². The van der Waals surface area contributed by atoms with Crippen molar-refractivity contribution >= 4 is 22.7 Å². The summed E-state index contributed by atoms with van der Waals surface area (Å²) in [7, 11) is 0. The number of nitrogens with zero attached hydrogens (tertiary/aromatic N) is 3. The average molecular weight is 327 g/mol. The molecule has 3 rings (SSSR count). The summed E-state index contributed by atoms with van der Waals surface area (Å²) in [6, 6.07) is 12.4. The van der Waals surface area contributed by atoms with Crippen LogP contribution in [0.25, 0.3) is 21.8 Å². The van der Waals surface area contributed by atoms with E-state index in [0.29, 0.717) is 16.3 Å². The van der Waals surface area contributed by atoms with Crippen LogP contribution in [0.15, 0.2) is 53.9 Å². The van der Waals surface area contributed by atoms with Gasteiger partial charge in [-0.15, -0.1) is 11.3 Å². The summed E-state index contributed by atoms with van der Waals surface area (Å²) in [6.07, 6.45) is 0. The van der Waals surface area contributed by atoms with Gasteiger partial charge in [-0.2, -0.15) is 0 Å². The molecule has 0 N–H and O–H groups in total. The minimum Gasteiger partial charge on any atom is -0.258 e. The Morgan fingerprint density at radius 3 is 2.22 bits per heavy atom. The maximum Gasteiger partial charge on any atom is 0.270 e. The molecule has 3 aromatic rings. The van der Waals surface area contributed by atoms with Crippen molar-refractivity contribution in [2.75, 3.05) is 0 Å². The first-order valence-corrected chi connectivity index (χ1v) is 7.38. The molecule has 0 amide bonds. The fraction of sp³-hybridized carbons (Fsp3) is 0. The largest absolute Gasteiger partial charge is 0.270 e. The molecule has 0 aliphatic heterocycles. The third-order valence-electron chi connectivity index (χ3n) is 3.18. The number of nitro groups is 2. The highest BCUT2D eigenvalue weighted by Crippen LogP contribution is 2.31. The van der Waals surface area contributed by atoms with Gasteiger partial charge in [0.05, 0.1) is 15.5 Å². The lowest BCUT2D eigenvalue weighted by molar-refractivity contribution is -0.385. The third-order valence-corrected chi connectivity index (χ3v) is 4.07. The Balaban J connectivity index is 1.92. The van der Waals surface area contributed by atoms with Crippen LogP contribution in [0.4, 0.5) is 11.4 Å². The molecule has 23 heavy (non-hydrogen) atoms. The van der Waals surface area contributed by atoms with Gasteiger partial charge in [-0.3, -0.25) is 20.2 Å². The first-order valence-electron chi connectivity index (χ1n) is 6.50. The molecule has 8 heteroatoms. The smallest absolute Gasteiger partial charge is 0.258 e. The molecule has 0 atom stereocenters. The Kier molecular flexibility index (Phi) is 3.82. The first-order chi connectivity index (χ1) is 11.0. The zero-order valence-electron chi connectivity index (χ0n) is 11.6. The summed E-state index contributed by atoms with van der Waals surface area (Å²) >= 11 is 1.36. The molecule has 114 valence electrons. The fourth-order valence-electron chi connectivity index (χ4n) is 2.05. The predicted octanol–water partition coefficient (Wildman–Crippen LogP) is 4.29. The number of hydrogen-bond donors (Lipinski definition) is 0. The molecule has 0 spiro atoms. The zero-order chi connectivity index (χ0) is 16.4. The van der Waals surface area contributed by atoms with E-state index in [0.717, 1.165) is 5.56 Å². The lowest BCUT2D eigenvalue weighted by atomic mass is 10.1. The highest BCUT2D eigenvalue weighted by Gasteiger charge is 2.12. The van der Waals surface area contributed by atoms with Crippen molar-refractivity contribution in [3.63, 3.8) is 0 Å². The molecule has 2 aromatic carbocycles. The molecule has 0 fully saturated rings. The summed E-state index contributed by atoms with van der Waals surface area (Å²) in [5.41, 5.74) is 2.12. The lowest BCUT2D eigenvalue weighted by Crippen LogP contribution is -1.88. The van der Waals surface area contributed by atoms with E-state index in [1.165, 1.54) is 35.6 Å². The second-order valence-corrected chi connectivity index (χ2v) is 5.51. The molecule has 0 aliphatic rings. The number of non-ortho nitro benzene ring substituents is 2. The summed E-state index contributed by atoms with van der Waals surface area (Å²) < 4.78 is 0. The molecule has 0 saturated carbocycles. The number of thiazole rings is 1. The van der Waals surface area contributed by atoms with Crippen molar-refractivity contribution in [1.29, 1.82) is 0 Å². The lowest BCUT2D eigenvalue weighted by Gasteiger charge is -1.98. The molecular formula is C15H9N3O4S. The molecule has 0 saturated heterocycles. The van der Waals surface area contributed by atoms with Crippen LogP contribution in [-0.4, -0.2) is 14.8 Å². The van der Waals surface area contributed by atoms with Crippen molar-refractivity contribution < 1.29 is 9.85 Å². The standard InChI is InChI=1S/C15H9N3O4S/c19-17(20)12-6-4-10(5-7-12)14-9-23-15(16-14)11-2-1-3-13(8-11)18(21)22/h1-9H. The summed E-state index contributed by atoms with van der Waals surface area (Å²) in [5.74, 6) is 0. The van der Waals surface area contributed by atoms with Gasteiger partial charge in [-0.05, 0) is 12.1 Å². The van der Waals surface area contributed by atoms with Crippen LogP contribution in [0, 0.1) is 20.2 Å². The molecule has 0 radical (unpaired) electrons. The molecule has 0 bridgehead atoms. The van der Waals surface area contributed by atoms with Gasteiger partial charge < -0.3 is 0 Å². The Bertz CT molecular complexity index is 890. The average Bonchev–Trinajstić information content (AvgIpc) is 3.05. The topological polar surface area (TPSA) is 99.2 Å². The highest BCUT2D eigenvalue weighted by molar-refractivity contribution is 7.13. The molecular weight excluding hydrogens is 318 g/mol. The van der Waals surface area contributed by atoms with Crippen LogP contribution in [0.3, 0.4) is 0 Å². The molecule has 1 aromatic heterocycles. The molecule has 1 heterocycles. The summed E-state index contributed by atoms with van der Waals surface area (Å²) in [4.78, 5) is 25.0.